The first-order valence-corrected chi connectivity index (χ1v) is 10.5. The van der Waals surface area contributed by atoms with Crippen molar-refractivity contribution in [3.05, 3.63) is 30.9 Å². The Bertz CT molecular complexity index is 1360. The standard InChI is InChI=1S/C20H21N9O4/c1-21-16-12-17(25-19(24-16)29-7-10(26-27-29)11-4-3-5-33-11)28(8-23-12)13-9-6-20(9,18(32)22-2)15(31)14(13)30/h3-5,7-9,13-15,30-31H,6H2,1-2H3,(H,22,32)(H,21,24,25)/t9-,13-,14+,15+,20+/m1/s1. The number of rotatable bonds is 5. The largest absolute Gasteiger partial charge is 0.463 e. The van der Waals surface area contributed by atoms with Gasteiger partial charge in [0.2, 0.25) is 5.91 Å². The highest BCUT2D eigenvalue weighted by Gasteiger charge is 2.75. The maximum Gasteiger partial charge on any atom is 0.256 e. The lowest BCUT2D eigenvalue weighted by Crippen LogP contribution is -2.41. The van der Waals surface area contributed by atoms with Gasteiger partial charge in [-0.2, -0.15) is 14.6 Å². The van der Waals surface area contributed by atoms with E-state index >= 15 is 0 Å². The predicted molar refractivity (Wildman–Crippen MR) is 113 cm³/mol. The SMILES string of the molecule is CNC(=O)[C@@]12C[C@@H]1[C@@H](n1cnc3c(NC)nc(-n4cc(-c5ccco5)nn4)nc31)[C@H](O)[C@@H]2O. The lowest BCUT2D eigenvalue weighted by atomic mass is 9.98. The molecule has 2 fully saturated rings. The Morgan fingerprint density at radius 1 is 1.30 bits per heavy atom. The number of hydrogen-bond acceptors (Lipinski definition) is 10. The molecule has 2 saturated carbocycles. The lowest BCUT2D eigenvalue weighted by Gasteiger charge is -2.23. The van der Waals surface area contributed by atoms with Crippen LogP contribution in [0, 0.1) is 11.3 Å². The van der Waals surface area contributed by atoms with Gasteiger partial charge >= 0.3 is 0 Å². The Morgan fingerprint density at radius 2 is 2.15 bits per heavy atom. The summed E-state index contributed by atoms with van der Waals surface area (Å²) in [4.78, 5) is 26.1. The molecule has 13 nitrogen and oxygen atoms in total. The first-order valence-electron chi connectivity index (χ1n) is 10.5. The number of nitrogens with zero attached hydrogens (tertiary/aromatic N) is 7. The van der Waals surface area contributed by atoms with E-state index in [1.807, 2.05) is 0 Å². The fraction of sp³-hybridized carbons (Fsp3) is 0.400. The third-order valence-corrected chi connectivity index (χ3v) is 6.76. The van der Waals surface area contributed by atoms with Gasteiger partial charge in [-0.3, -0.25) is 4.79 Å². The summed E-state index contributed by atoms with van der Waals surface area (Å²) >= 11 is 0. The molecule has 0 aliphatic heterocycles. The van der Waals surface area contributed by atoms with E-state index in [0.29, 0.717) is 34.9 Å². The molecule has 0 saturated heterocycles. The van der Waals surface area contributed by atoms with Crippen LogP contribution in [0.5, 0.6) is 0 Å². The second-order valence-electron chi connectivity index (χ2n) is 8.33. The molecule has 0 spiro atoms. The van der Waals surface area contributed by atoms with Crippen LogP contribution in [-0.2, 0) is 4.79 Å². The minimum Gasteiger partial charge on any atom is -0.463 e. The van der Waals surface area contributed by atoms with E-state index in [4.69, 9.17) is 4.42 Å². The van der Waals surface area contributed by atoms with Crippen LogP contribution in [0.15, 0.2) is 35.3 Å². The Balaban J connectivity index is 1.45. The van der Waals surface area contributed by atoms with Gasteiger partial charge in [-0.05, 0) is 18.6 Å². The zero-order valence-corrected chi connectivity index (χ0v) is 17.7. The second-order valence-corrected chi connectivity index (χ2v) is 8.33. The van der Waals surface area contributed by atoms with Gasteiger partial charge in [-0.25, -0.2) is 4.98 Å². The average Bonchev–Trinajstić information content (AvgIpc) is 3.32. The quantitative estimate of drug-likeness (QED) is 0.317. The molecule has 4 N–H and O–H groups in total. The molecule has 170 valence electrons. The first-order chi connectivity index (χ1) is 16.0. The number of amides is 1. The highest BCUT2D eigenvalue weighted by Crippen LogP contribution is 2.67. The molecule has 5 atom stereocenters. The topological polar surface area (TPSA) is 169 Å². The van der Waals surface area contributed by atoms with E-state index in [-0.39, 0.29) is 17.8 Å². The molecule has 0 aromatic carbocycles. The van der Waals surface area contributed by atoms with Crippen LogP contribution in [0.25, 0.3) is 28.6 Å². The van der Waals surface area contributed by atoms with E-state index in [1.54, 1.807) is 42.5 Å². The van der Waals surface area contributed by atoms with Crippen molar-refractivity contribution >= 4 is 22.9 Å². The minimum absolute atomic E-state index is 0.236. The molecule has 6 rings (SSSR count). The molecule has 13 heteroatoms. The highest BCUT2D eigenvalue weighted by molar-refractivity contribution is 5.88. The van der Waals surface area contributed by atoms with Gasteiger partial charge in [-0.15, -0.1) is 5.10 Å². The third-order valence-electron chi connectivity index (χ3n) is 6.76. The Morgan fingerprint density at radius 3 is 2.88 bits per heavy atom. The van der Waals surface area contributed by atoms with Crippen LogP contribution in [0.1, 0.15) is 12.5 Å². The third kappa shape index (κ3) is 2.60. The molecule has 0 bridgehead atoms. The van der Waals surface area contributed by atoms with Crippen LogP contribution in [0.3, 0.4) is 0 Å². The van der Waals surface area contributed by atoms with Gasteiger partial charge in [0.05, 0.1) is 36.3 Å². The van der Waals surface area contributed by atoms with Crippen LogP contribution >= 0.6 is 0 Å². The van der Waals surface area contributed by atoms with E-state index in [2.05, 4.69) is 35.9 Å². The smallest absolute Gasteiger partial charge is 0.256 e. The lowest BCUT2D eigenvalue weighted by molar-refractivity contribution is -0.132. The van der Waals surface area contributed by atoms with Crippen LogP contribution in [0.2, 0.25) is 0 Å². The van der Waals surface area contributed by atoms with Gasteiger partial charge in [-0.1, -0.05) is 5.21 Å². The van der Waals surface area contributed by atoms with Gasteiger partial charge in [0.15, 0.2) is 22.7 Å². The Hall–Kier alpha value is -3.84. The number of imidazole rings is 1. The number of carbonyl (C=O) groups excluding carboxylic acids is 1. The normalized spacial score (nSPS) is 28.1. The van der Waals surface area contributed by atoms with Crippen molar-refractivity contribution < 1.29 is 19.4 Å². The van der Waals surface area contributed by atoms with E-state index < -0.39 is 23.7 Å². The molecular formula is C20H21N9O4. The number of anilines is 1. The van der Waals surface area contributed by atoms with Crippen molar-refractivity contribution in [2.45, 2.75) is 24.7 Å². The predicted octanol–water partition coefficient (Wildman–Crippen LogP) is -0.263. The maximum absolute atomic E-state index is 12.5. The van der Waals surface area contributed by atoms with Crippen molar-refractivity contribution in [1.29, 1.82) is 0 Å². The Labute approximate surface area is 186 Å². The summed E-state index contributed by atoms with van der Waals surface area (Å²) in [6, 6.07) is 2.96. The van der Waals surface area contributed by atoms with Crippen molar-refractivity contribution in [2.24, 2.45) is 11.3 Å². The van der Waals surface area contributed by atoms with Crippen molar-refractivity contribution in [1.82, 2.24) is 39.8 Å². The number of hydrogen-bond donors (Lipinski definition) is 4. The van der Waals surface area contributed by atoms with Crippen LogP contribution in [-0.4, -0.2) is 76.9 Å². The second kappa shape index (κ2) is 6.83. The minimum atomic E-state index is -1.18. The fourth-order valence-corrected chi connectivity index (χ4v) is 5.09. The summed E-state index contributed by atoms with van der Waals surface area (Å²) in [5.74, 6) is 0.743. The van der Waals surface area contributed by atoms with Gasteiger partial charge in [0, 0.05) is 20.0 Å². The number of nitrogens with one attached hydrogen (secondary N) is 2. The summed E-state index contributed by atoms with van der Waals surface area (Å²) in [6.07, 6.45) is 2.89. The van der Waals surface area contributed by atoms with Crippen molar-refractivity contribution in [3.63, 3.8) is 0 Å². The number of aromatic nitrogens is 7. The van der Waals surface area contributed by atoms with Crippen molar-refractivity contribution in [2.75, 3.05) is 19.4 Å². The summed E-state index contributed by atoms with van der Waals surface area (Å²) in [5.41, 5.74) is 0.453. The molecule has 1 amide bonds. The molecule has 4 aromatic heterocycles. The molecule has 4 aromatic rings. The number of furan rings is 1. The van der Waals surface area contributed by atoms with Crippen LogP contribution in [0.4, 0.5) is 5.82 Å². The molecular weight excluding hydrogens is 430 g/mol. The molecule has 0 unspecified atom stereocenters. The van der Waals surface area contributed by atoms with E-state index in [1.165, 1.54) is 11.7 Å². The molecule has 2 aliphatic rings. The molecule has 2 aliphatic carbocycles. The van der Waals surface area contributed by atoms with E-state index in [9.17, 15) is 15.0 Å². The zero-order chi connectivity index (χ0) is 22.9. The number of aliphatic hydroxyl groups excluding tert-OH is 2. The van der Waals surface area contributed by atoms with Crippen molar-refractivity contribution in [3.8, 4) is 17.4 Å². The first kappa shape index (κ1) is 19.8. The Kier molecular flexibility index (Phi) is 4.10. The highest BCUT2D eigenvalue weighted by atomic mass is 16.3. The molecule has 33 heavy (non-hydrogen) atoms. The summed E-state index contributed by atoms with van der Waals surface area (Å²) in [7, 11) is 3.24. The number of aliphatic hydroxyl groups is 2. The van der Waals surface area contributed by atoms with E-state index in [0.717, 1.165) is 0 Å². The zero-order valence-electron chi connectivity index (χ0n) is 17.7. The maximum atomic E-state index is 12.5. The number of fused-ring (bicyclic) bond motifs is 2. The summed E-state index contributed by atoms with van der Waals surface area (Å²) in [6.45, 7) is 0. The monoisotopic (exact) mass is 451 g/mol. The summed E-state index contributed by atoms with van der Waals surface area (Å²) in [5, 5.41) is 35.4. The average molecular weight is 451 g/mol. The summed E-state index contributed by atoms with van der Waals surface area (Å²) < 4.78 is 8.50. The molecule has 4 heterocycles. The molecule has 0 radical (unpaired) electrons. The number of carbonyl (C=O) groups is 1. The fourth-order valence-electron chi connectivity index (χ4n) is 5.09. The van der Waals surface area contributed by atoms with Gasteiger partial charge in [0.25, 0.3) is 5.95 Å². The van der Waals surface area contributed by atoms with Gasteiger partial charge in [0.1, 0.15) is 11.8 Å². The van der Waals surface area contributed by atoms with Crippen LogP contribution < -0.4 is 10.6 Å². The van der Waals surface area contributed by atoms with Gasteiger partial charge < -0.3 is 29.8 Å².